The van der Waals surface area contributed by atoms with Crippen molar-refractivity contribution in [1.29, 1.82) is 0 Å². The summed E-state index contributed by atoms with van der Waals surface area (Å²) in [5.41, 5.74) is 5.29. The second-order valence-electron chi connectivity index (χ2n) is 5.11. The van der Waals surface area contributed by atoms with Crippen LogP contribution in [0.4, 0.5) is 0 Å². The fourth-order valence-electron chi connectivity index (χ4n) is 1.99. The molecule has 0 aromatic carbocycles. The number of carbonyl (C=O) groups excluding carboxylic acids is 3. The molecule has 0 rings (SSSR count). The Morgan fingerprint density at radius 3 is 2.45 bits per heavy atom. The van der Waals surface area contributed by atoms with Crippen molar-refractivity contribution >= 4 is 17.8 Å². The monoisotopic (exact) mass is 312 g/mol. The van der Waals surface area contributed by atoms with Crippen LogP contribution in [0.5, 0.6) is 0 Å². The van der Waals surface area contributed by atoms with Crippen molar-refractivity contribution in [2.75, 3.05) is 6.61 Å². The highest BCUT2D eigenvalue weighted by atomic mass is 16.5. The summed E-state index contributed by atoms with van der Waals surface area (Å²) in [5.74, 6) is -1.32. The molecular formula is C16H28N2O4. The van der Waals surface area contributed by atoms with Gasteiger partial charge in [0, 0.05) is 6.42 Å². The normalized spacial score (nSPS) is 11.5. The van der Waals surface area contributed by atoms with Crippen molar-refractivity contribution < 1.29 is 19.1 Å². The van der Waals surface area contributed by atoms with Crippen LogP contribution in [0.25, 0.3) is 0 Å². The Labute approximate surface area is 132 Å². The minimum Gasteiger partial charge on any atom is -0.466 e. The molecule has 6 heteroatoms. The van der Waals surface area contributed by atoms with Gasteiger partial charge in [-0.25, -0.2) is 0 Å². The van der Waals surface area contributed by atoms with Crippen molar-refractivity contribution in [3.8, 4) is 0 Å². The molecule has 0 saturated carbocycles. The molecule has 22 heavy (non-hydrogen) atoms. The number of esters is 1. The maximum Gasteiger partial charge on any atom is 0.306 e. The molecule has 0 aromatic heterocycles. The first-order valence-electron chi connectivity index (χ1n) is 7.86. The number of ether oxygens (including phenoxy) is 1. The van der Waals surface area contributed by atoms with Gasteiger partial charge in [0.25, 0.3) is 0 Å². The molecule has 0 heterocycles. The van der Waals surface area contributed by atoms with Crippen LogP contribution in [0.15, 0.2) is 12.7 Å². The lowest BCUT2D eigenvalue weighted by Crippen LogP contribution is -2.44. The van der Waals surface area contributed by atoms with E-state index in [1.165, 1.54) is 0 Å². The lowest BCUT2D eigenvalue weighted by Gasteiger charge is -2.15. The molecule has 6 nitrogen and oxygen atoms in total. The summed E-state index contributed by atoms with van der Waals surface area (Å²) < 4.78 is 4.74. The summed E-state index contributed by atoms with van der Waals surface area (Å²) in [7, 11) is 0. The Balaban J connectivity index is 3.97. The zero-order chi connectivity index (χ0) is 16.8. The van der Waals surface area contributed by atoms with E-state index in [0.29, 0.717) is 6.42 Å². The predicted octanol–water partition coefficient (Wildman–Crippen LogP) is 1.83. The van der Waals surface area contributed by atoms with Gasteiger partial charge in [-0.05, 0) is 26.2 Å². The molecule has 0 aliphatic rings. The predicted molar refractivity (Wildman–Crippen MR) is 84.9 cm³/mol. The number of unbranched alkanes of at least 4 members (excludes halogenated alkanes) is 4. The second-order valence-corrected chi connectivity index (χ2v) is 5.11. The van der Waals surface area contributed by atoms with Gasteiger partial charge in [-0.2, -0.15) is 0 Å². The average molecular weight is 312 g/mol. The SMILES string of the molecule is C=CCCCCCC[C@H](NC(=O)CCC(=O)OCC)C(N)=O. The smallest absolute Gasteiger partial charge is 0.306 e. The van der Waals surface area contributed by atoms with Crippen LogP contribution in [0.3, 0.4) is 0 Å². The molecule has 0 saturated heterocycles. The molecule has 2 amide bonds. The number of carbonyl (C=O) groups is 3. The van der Waals surface area contributed by atoms with E-state index in [0.717, 1.165) is 32.1 Å². The van der Waals surface area contributed by atoms with Crippen LogP contribution in [-0.2, 0) is 19.1 Å². The average Bonchev–Trinajstić information content (AvgIpc) is 2.47. The lowest BCUT2D eigenvalue weighted by atomic mass is 10.1. The summed E-state index contributed by atoms with van der Waals surface area (Å²) in [6.45, 7) is 5.65. The van der Waals surface area contributed by atoms with Gasteiger partial charge in [-0.1, -0.05) is 25.3 Å². The number of rotatable bonds is 13. The fraction of sp³-hybridized carbons (Fsp3) is 0.688. The van der Waals surface area contributed by atoms with E-state index in [4.69, 9.17) is 10.5 Å². The Kier molecular flexibility index (Phi) is 11.8. The van der Waals surface area contributed by atoms with Crippen molar-refractivity contribution in [3.05, 3.63) is 12.7 Å². The van der Waals surface area contributed by atoms with Gasteiger partial charge in [0.15, 0.2) is 0 Å². The Morgan fingerprint density at radius 2 is 1.86 bits per heavy atom. The Hall–Kier alpha value is -1.85. The van der Waals surface area contributed by atoms with Crippen LogP contribution in [0.2, 0.25) is 0 Å². The van der Waals surface area contributed by atoms with Gasteiger partial charge in [-0.3, -0.25) is 14.4 Å². The zero-order valence-corrected chi connectivity index (χ0v) is 13.4. The van der Waals surface area contributed by atoms with Crippen LogP contribution in [0, 0.1) is 0 Å². The molecule has 126 valence electrons. The molecule has 0 spiro atoms. The topological polar surface area (TPSA) is 98.5 Å². The van der Waals surface area contributed by atoms with Crippen molar-refractivity contribution in [1.82, 2.24) is 5.32 Å². The van der Waals surface area contributed by atoms with Gasteiger partial charge < -0.3 is 15.8 Å². The summed E-state index contributed by atoms with van der Waals surface area (Å²) >= 11 is 0. The zero-order valence-electron chi connectivity index (χ0n) is 13.4. The molecule has 0 bridgehead atoms. The van der Waals surface area contributed by atoms with E-state index in [9.17, 15) is 14.4 Å². The van der Waals surface area contributed by atoms with Crippen LogP contribution in [-0.4, -0.2) is 30.4 Å². The Morgan fingerprint density at radius 1 is 1.18 bits per heavy atom. The molecule has 3 N–H and O–H groups in total. The highest BCUT2D eigenvalue weighted by Crippen LogP contribution is 2.08. The van der Waals surface area contributed by atoms with Crippen molar-refractivity contribution in [2.24, 2.45) is 5.73 Å². The summed E-state index contributed by atoms with van der Waals surface area (Å²) in [4.78, 5) is 34.2. The number of nitrogens with one attached hydrogen (secondary N) is 1. The summed E-state index contributed by atoms with van der Waals surface area (Å²) in [6.07, 6.45) is 7.35. The first-order valence-corrected chi connectivity index (χ1v) is 7.86. The van der Waals surface area contributed by atoms with Crippen LogP contribution in [0.1, 0.15) is 58.3 Å². The quantitative estimate of drug-likeness (QED) is 0.308. The summed E-state index contributed by atoms with van der Waals surface area (Å²) in [6, 6.07) is -0.672. The summed E-state index contributed by atoms with van der Waals surface area (Å²) in [5, 5.41) is 2.58. The van der Waals surface area contributed by atoms with Crippen molar-refractivity contribution in [3.63, 3.8) is 0 Å². The molecule has 0 fully saturated rings. The number of hydrogen-bond donors (Lipinski definition) is 2. The van der Waals surface area contributed by atoms with Gasteiger partial charge >= 0.3 is 5.97 Å². The lowest BCUT2D eigenvalue weighted by molar-refractivity contribution is -0.144. The third kappa shape index (κ3) is 10.9. The van der Waals surface area contributed by atoms with E-state index < -0.39 is 17.9 Å². The second kappa shape index (κ2) is 12.9. The maximum absolute atomic E-state index is 11.7. The minimum atomic E-state index is -0.672. The van der Waals surface area contributed by atoms with Crippen LogP contribution < -0.4 is 11.1 Å². The number of primary amides is 1. The van der Waals surface area contributed by atoms with E-state index in [1.807, 2.05) is 6.08 Å². The van der Waals surface area contributed by atoms with E-state index in [-0.39, 0.29) is 25.4 Å². The van der Waals surface area contributed by atoms with Crippen LogP contribution >= 0.6 is 0 Å². The molecule has 0 aliphatic carbocycles. The molecule has 0 unspecified atom stereocenters. The molecule has 0 aromatic rings. The third-order valence-electron chi connectivity index (χ3n) is 3.19. The number of nitrogens with two attached hydrogens (primary N) is 1. The largest absolute Gasteiger partial charge is 0.466 e. The number of allylic oxidation sites excluding steroid dienone is 1. The van der Waals surface area contributed by atoms with Gasteiger partial charge in [0.2, 0.25) is 11.8 Å². The van der Waals surface area contributed by atoms with Gasteiger partial charge in [0.1, 0.15) is 6.04 Å². The minimum absolute atomic E-state index is 0.00193. The highest BCUT2D eigenvalue weighted by Gasteiger charge is 2.18. The Bertz CT molecular complexity index is 369. The maximum atomic E-state index is 11.7. The van der Waals surface area contributed by atoms with E-state index >= 15 is 0 Å². The van der Waals surface area contributed by atoms with E-state index in [1.54, 1.807) is 6.92 Å². The van der Waals surface area contributed by atoms with Gasteiger partial charge in [-0.15, -0.1) is 6.58 Å². The fourth-order valence-corrected chi connectivity index (χ4v) is 1.99. The molecule has 1 atom stereocenters. The highest BCUT2D eigenvalue weighted by molar-refractivity contribution is 5.87. The number of hydrogen-bond acceptors (Lipinski definition) is 4. The van der Waals surface area contributed by atoms with Gasteiger partial charge in [0.05, 0.1) is 13.0 Å². The first-order chi connectivity index (χ1) is 10.5. The molecule has 0 radical (unpaired) electrons. The molecule has 0 aliphatic heterocycles. The third-order valence-corrected chi connectivity index (χ3v) is 3.19. The van der Waals surface area contributed by atoms with E-state index in [2.05, 4.69) is 11.9 Å². The number of amides is 2. The standard InChI is InChI=1S/C16H28N2O4/c1-3-5-6-7-8-9-10-13(16(17)21)18-14(19)11-12-15(20)22-4-2/h3,13H,1,4-12H2,2H3,(H2,17,21)(H,18,19)/t13-/m0/s1. The van der Waals surface area contributed by atoms with Crippen molar-refractivity contribution in [2.45, 2.75) is 64.3 Å². The first kappa shape index (κ1) is 20.1. The molecular weight excluding hydrogens is 284 g/mol.